The predicted octanol–water partition coefficient (Wildman–Crippen LogP) is 2.90. The molecule has 2 nitrogen and oxygen atoms in total. The van der Waals surface area contributed by atoms with E-state index in [0.717, 1.165) is 24.7 Å². The number of nitrogens with two attached hydrogens (primary N) is 1. The summed E-state index contributed by atoms with van der Waals surface area (Å²) in [6.07, 6.45) is 2.42. The van der Waals surface area contributed by atoms with Gasteiger partial charge in [0.05, 0.1) is 0 Å². The Balaban J connectivity index is 1.88. The highest BCUT2D eigenvalue weighted by atomic mass is 35.5. The van der Waals surface area contributed by atoms with E-state index in [4.69, 9.17) is 17.3 Å². The van der Waals surface area contributed by atoms with E-state index in [2.05, 4.69) is 24.0 Å². The summed E-state index contributed by atoms with van der Waals surface area (Å²) in [5.74, 6) is 0.692. The Kier molecular flexibility index (Phi) is 4.43. The lowest BCUT2D eigenvalue weighted by Gasteiger charge is -2.33. The van der Waals surface area contributed by atoms with Gasteiger partial charge < -0.3 is 5.73 Å². The summed E-state index contributed by atoms with van der Waals surface area (Å²) in [4.78, 5) is 2.47. The maximum Gasteiger partial charge on any atom is 0.0451 e. The van der Waals surface area contributed by atoms with Crippen LogP contribution in [0.1, 0.15) is 25.3 Å². The Morgan fingerprint density at radius 2 is 2.00 bits per heavy atom. The lowest BCUT2D eigenvalue weighted by atomic mass is 9.91. The van der Waals surface area contributed by atoms with Crippen molar-refractivity contribution in [1.82, 2.24) is 4.90 Å². The molecule has 0 amide bonds. The van der Waals surface area contributed by atoms with Crippen molar-refractivity contribution in [3.63, 3.8) is 0 Å². The normalized spacial score (nSPS) is 20.4. The molecule has 1 aromatic carbocycles. The molecule has 1 unspecified atom stereocenters. The monoisotopic (exact) mass is 252 g/mol. The van der Waals surface area contributed by atoms with Crippen LogP contribution in [0.4, 0.5) is 0 Å². The molecule has 1 aliphatic heterocycles. The summed E-state index contributed by atoms with van der Waals surface area (Å²) >= 11 is 6.18. The molecule has 1 aromatic rings. The highest BCUT2D eigenvalue weighted by Gasteiger charge is 2.21. The Bertz CT molecular complexity index is 357. The van der Waals surface area contributed by atoms with Gasteiger partial charge in [0.25, 0.3) is 0 Å². The van der Waals surface area contributed by atoms with E-state index in [-0.39, 0.29) is 0 Å². The Morgan fingerprint density at radius 3 is 2.59 bits per heavy atom. The average Bonchev–Trinajstić information content (AvgIpc) is 2.33. The molecule has 2 N–H and O–H groups in total. The molecule has 0 saturated carbocycles. The van der Waals surface area contributed by atoms with Crippen molar-refractivity contribution in [2.24, 2.45) is 11.7 Å². The molecule has 0 spiro atoms. The first-order valence-electron chi connectivity index (χ1n) is 6.38. The number of piperidine rings is 1. The van der Waals surface area contributed by atoms with Crippen molar-refractivity contribution in [3.8, 4) is 0 Å². The Hall–Kier alpha value is -0.570. The number of nitrogens with zero attached hydrogens (tertiary/aromatic N) is 1. The minimum absolute atomic E-state index is 0.331. The fourth-order valence-corrected chi connectivity index (χ4v) is 2.70. The zero-order valence-corrected chi connectivity index (χ0v) is 11.2. The maximum atomic E-state index is 6.18. The zero-order valence-electron chi connectivity index (χ0n) is 10.4. The summed E-state index contributed by atoms with van der Waals surface area (Å²) in [5, 5.41) is 0.877. The topological polar surface area (TPSA) is 29.3 Å². The summed E-state index contributed by atoms with van der Waals surface area (Å²) in [5.41, 5.74) is 7.18. The lowest BCUT2D eigenvalue weighted by Crippen LogP contribution is -2.39. The van der Waals surface area contributed by atoms with Gasteiger partial charge in [-0.15, -0.1) is 0 Å². The second kappa shape index (κ2) is 5.85. The van der Waals surface area contributed by atoms with Gasteiger partial charge in [0.1, 0.15) is 0 Å². The quantitative estimate of drug-likeness (QED) is 0.896. The van der Waals surface area contributed by atoms with Gasteiger partial charge in [0.15, 0.2) is 0 Å². The van der Waals surface area contributed by atoms with Gasteiger partial charge in [0.2, 0.25) is 0 Å². The molecule has 1 fully saturated rings. The summed E-state index contributed by atoms with van der Waals surface area (Å²) in [6, 6.07) is 8.44. The molecule has 3 heteroatoms. The molecular weight excluding hydrogens is 232 g/mol. The van der Waals surface area contributed by atoms with Crippen molar-refractivity contribution in [2.45, 2.75) is 32.4 Å². The van der Waals surface area contributed by atoms with E-state index in [1.54, 1.807) is 0 Å². The molecule has 0 radical (unpaired) electrons. The molecular formula is C14H21ClN2. The van der Waals surface area contributed by atoms with Gasteiger partial charge in [-0.05, 0) is 50.4 Å². The van der Waals surface area contributed by atoms with Gasteiger partial charge in [-0.2, -0.15) is 0 Å². The molecule has 17 heavy (non-hydrogen) atoms. The molecule has 0 aliphatic carbocycles. The largest absolute Gasteiger partial charge is 0.328 e. The van der Waals surface area contributed by atoms with E-state index in [1.165, 1.54) is 18.4 Å². The van der Waals surface area contributed by atoms with Crippen LogP contribution in [0.15, 0.2) is 24.3 Å². The van der Waals surface area contributed by atoms with Crippen molar-refractivity contribution >= 4 is 11.6 Å². The molecule has 0 bridgehead atoms. The van der Waals surface area contributed by atoms with Crippen LogP contribution in [-0.4, -0.2) is 24.0 Å². The molecule has 0 aromatic heterocycles. The summed E-state index contributed by atoms with van der Waals surface area (Å²) in [6.45, 7) is 5.36. The standard InChI is InChI=1S/C14H21ClN2/c1-11(16)12-6-8-17(9-7-12)10-13-4-2-3-5-14(13)15/h2-5,11-12H,6-10,16H2,1H3. The molecule has 1 aliphatic rings. The molecule has 1 atom stereocenters. The number of hydrogen-bond donors (Lipinski definition) is 1. The van der Waals surface area contributed by atoms with Crippen molar-refractivity contribution in [1.29, 1.82) is 0 Å². The Labute approximate surface area is 109 Å². The minimum Gasteiger partial charge on any atom is -0.328 e. The SMILES string of the molecule is CC(N)C1CCN(Cc2ccccc2Cl)CC1. The number of benzene rings is 1. The van der Waals surface area contributed by atoms with Crippen LogP contribution in [0, 0.1) is 5.92 Å². The van der Waals surface area contributed by atoms with Crippen molar-refractivity contribution in [2.75, 3.05) is 13.1 Å². The van der Waals surface area contributed by atoms with Gasteiger partial charge in [-0.1, -0.05) is 29.8 Å². The number of hydrogen-bond acceptors (Lipinski definition) is 2. The Morgan fingerprint density at radius 1 is 1.35 bits per heavy atom. The highest BCUT2D eigenvalue weighted by molar-refractivity contribution is 6.31. The van der Waals surface area contributed by atoms with E-state index in [9.17, 15) is 0 Å². The van der Waals surface area contributed by atoms with Crippen LogP contribution in [0.2, 0.25) is 5.02 Å². The van der Waals surface area contributed by atoms with E-state index < -0.39 is 0 Å². The smallest absolute Gasteiger partial charge is 0.0451 e. The first kappa shape index (κ1) is 12.9. The third-order valence-electron chi connectivity index (χ3n) is 3.73. The third-order valence-corrected chi connectivity index (χ3v) is 4.10. The van der Waals surface area contributed by atoms with Crippen LogP contribution in [0.3, 0.4) is 0 Å². The minimum atomic E-state index is 0.331. The van der Waals surface area contributed by atoms with Gasteiger partial charge in [0, 0.05) is 17.6 Å². The predicted molar refractivity (Wildman–Crippen MR) is 73.1 cm³/mol. The maximum absolute atomic E-state index is 6.18. The number of rotatable bonds is 3. The van der Waals surface area contributed by atoms with E-state index in [0.29, 0.717) is 12.0 Å². The first-order valence-corrected chi connectivity index (χ1v) is 6.76. The fourth-order valence-electron chi connectivity index (χ4n) is 2.50. The highest BCUT2D eigenvalue weighted by Crippen LogP contribution is 2.23. The van der Waals surface area contributed by atoms with Gasteiger partial charge in [-0.3, -0.25) is 4.90 Å². The second-order valence-electron chi connectivity index (χ2n) is 5.06. The van der Waals surface area contributed by atoms with Gasteiger partial charge in [-0.25, -0.2) is 0 Å². The fraction of sp³-hybridized carbons (Fsp3) is 0.571. The molecule has 94 valence electrons. The second-order valence-corrected chi connectivity index (χ2v) is 5.47. The lowest BCUT2D eigenvalue weighted by molar-refractivity contribution is 0.166. The van der Waals surface area contributed by atoms with Gasteiger partial charge >= 0.3 is 0 Å². The molecule has 1 saturated heterocycles. The van der Waals surface area contributed by atoms with Crippen LogP contribution >= 0.6 is 11.6 Å². The molecule has 1 heterocycles. The number of likely N-dealkylation sites (tertiary alicyclic amines) is 1. The number of halogens is 1. The van der Waals surface area contributed by atoms with Crippen LogP contribution in [0.25, 0.3) is 0 Å². The first-order chi connectivity index (χ1) is 8.16. The van der Waals surface area contributed by atoms with E-state index >= 15 is 0 Å². The van der Waals surface area contributed by atoms with Crippen LogP contribution in [-0.2, 0) is 6.54 Å². The third kappa shape index (κ3) is 3.44. The van der Waals surface area contributed by atoms with Crippen molar-refractivity contribution < 1.29 is 0 Å². The van der Waals surface area contributed by atoms with E-state index in [1.807, 2.05) is 12.1 Å². The van der Waals surface area contributed by atoms with Crippen molar-refractivity contribution in [3.05, 3.63) is 34.9 Å². The average molecular weight is 253 g/mol. The summed E-state index contributed by atoms with van der Waals surface area (Å²) < 4.78 is 0. The molecule has 2 rings (SSSR count). The van der Waals surface area contributed by atoms with Crippen LogP contribution < -0.4 is 5.73 Å². The zero-order chi connectivity index (χ0) is 12.3. The van der Waals surface area contributed by atoms with Crippen LogP contribution in [0.5, 0.6) is 0 Å². The summed E-state index contributed by atoms with van der Waals surface area (Å²) in [7, 11) is 0.